The molecule has 6 atom stereocenters. The lowest BCUT2D eigenvalue weighted by Gasteiger charge is -2.49. The van der Waals surface area contributed by atoms with Crippen LogP contribution in [-0.2, 0) is 26.2 Å². The highest BCUT2D eigenvalue weighted by Crippen LogP contribution is 2.65. The summed E-state index contributed by atoms with van der Waals surface area (Å²) in [6.07, 6.45) is -1.60. The fourth-order valence-electron chi connectivity index (χ4n) is 9.77. The monoisotopic (exact) mass is 826 g/mol. The molecule has 0 bridgehead atoms. The normalized spacial score (nSPS) is 25.6. The van der Waals surface area contributed by atoms with Gasteiger partial charge in [0, 0.05) is 34.3 Å². The number of aryl methyl sites for hydroxylation is 2. The number of phenolic OH excluding ortho intramolecular Hbond substituents is 1. The molecule has 15 heteroatoms. The van der Waals surface area contributed by atoms with Crippen LogP contribution in [0.1, 0.15) is 42.4 Å². The number of ether oxygens (including phenoxy) is 1. The van der Waals surface area contributed by atoms with E-state index in [2.05, 4.69) is 11.3 Å². The zero-order valence-electron chi connectivity index (χ0n) is 31.2. The number of amides is 4. The predicted molar refractivity (Wildman–Crippen MR) is 212 cm³/mol. The Bertz CT molecular complexity index is 2670. The van der Waals surface area contributed by atoms with Crippen LogP contribution >= 0.6 is 22.9 Å². The molecule has 2 saturated heterocycles. The van der Waals surface area contributed by atoms with Crippen molar-refractivity contribution in [1.29, 1.82) is 0 Å². The highest BCUT2D eigenvalue weighted by atomic mass is 35.5. The number of thiophene rings is 1. The SMILES string of the molecule is C=Cc1ccc(N2C(=O)C3CC=C4C(CC5C(=O)N(c6cc(-c7sc8ccc(Cl)cc8c7C)nn6C)C(=O)C5(C)C4c4cc(OC(F)(F)F)ccc4O)C3C2=O)cc1. The molecule has 0 radical (unpaired) electrons. The van der Waals surface area contributed by atoms with E-state index in [0.717, 1.165) is 54.1 Å². The number of carbonyl (C=O) groups excluding carboxylic acids is 4. The van der Waals surface area contributed by atoms with E-state index in [9.17, 15) is 32.7 Å². The van der Waals surface area contributed by atoms with Crippen molar-refractivity contribution in [2.45, 2.75) is 39.0 Å². The first-order valence-electron chi connectivity index (χ1n) is 18.5. The summed E-state index contributed by atoms with van der Waals surface area (Å²) in [5.74, 6) is -7.87. The van der Waals surface area contributed by atoms with Gasteiger partial charge >= 0.3 is 6.36 Å². The number of allylic oxidation sites excluding steroid dienone is 2. The second-order valence-corrected chi connectivity index (χ2v) is 16.9. The van der Waals surface area contributed by atoms with Crippen molar-refractivity contribution in [3.63, 3.8) is 0 Å². The second kappa shape index (κ2) is 13.1. The quantitative estimate of drug-likeness (QED) is 0.134. The third-order valence-electron chi connectivity index (χ3n) is 12.4. The van der Waals surface area contributed by atoms with Crippen LogP contribution in [0, 0.1) is 36.0 Å². The van der Waals surface area contributed by atoms with Crippen molar-refractivity contribution < 1.29 is 42.2 Å². The van der Waals surface area contributed by atoms with Gasteiger partial charge in [0.1, 0.15) is 23.0 Å². The number of aromatic hydroxyl groups is 1. The molecule has 2 aliphatic carbocycles. The van der Waals surface area contributed by atoms with Crippen LogP contribution in [0.15, 0.2) is 85.0 Å². The number of hydrogen-bond acceptors (Lipinski definition) is 8. The molecule has 2 aliphatic heterocycles. The number of carbonyl (C=O) groups is 4. The van der Waals surface area contributed by atoms with Gasteiger partial charge in [-0.3, -0.25) is 28.8 Å². The molecular formula is C43H34ClF3N4O6S. The van der Waals surface area contributed by atoms with Crippen LogP contribution < -0.4 is 14.5 Å². The van der Waals surface area contributed by atoms with E-state index in [1.807, 2.05) is 19.1 Å². The van der Waals surface area contributed by atoms with E-state index < -0.39 is 76.5 Å². The minimum absolute atomic E-state index is 0.0102. The number of fused-ring (bicyclic) bond motifs is 5. The van der Waals surface area contributed by atoms with Gasteiger partial charge in [-0.25, -0.2) is 4.90 Å². The lowest BCUT2D eigenvalue weighted by atomic mass is 9.51. The molecule has 3 fully saturated rings. The fraction of sp³-hybridized carbons (Fsp3) is 0.279. The molecule has 4 aliphatic rings. The van der Waals surface area contributed by atoms with E-state index in [1.165, 1.54) is 16.0 Å². The topological polar surface area (TPSA) is 122 Å². The number of nitrogens with zero attached hydrogens (tertiary/aromatic N) is 4. The fourth-order valence-corrected chi connectivity index (χ4v) is 11.1. The van der Waals surface area contributed by atoms with Gasteiger partial charge < -0.3 is 9.84 Å². The Morgan fingerprint density at radius 2 is 1.72 bits per heavy atom. The molecule has 4 amide bonds. The molecule has 4 heterocycles. The van der Waals surface area contributed by atoms with Crippen LogP contribution in [0.3, 0.4) is 0 Å². The van der Waals surface area contributed by atoms with Crippen LogP contribution in [0.4, 0.5) is 24.7 Å². The third-order valence-corrected chi connectivity index (χ3v) is 14.0. The second-order valence-electron chi connectivity index (χ2n) is 15.4. The Morgan fingerprint density at radius 3 is 2.43 bits per heavy atom. The maximum Gasteiger partial charge on any atom is 0.573 e. The number of imide groups is 2. The minimum atomic E-state index is -5.07. The Morgan fingerprint density at radius 1 is 0.983 bits per heavy atom. The van der Waals surface area contributed by atoms with Gasteiger partial charge in [0.15, 0.2) is 0 Å². The molecule has 0 spiro atoms. The summed E-state index contributed by atoms with van der Waals surface area (Å²) >= 11 is 7.77. The molecule has 1 N–H and O–H groups in total. The predicted octanol–water partition coefficient (Wildman–Crippen LogP) is 8.95. The first-order chi connectivity index (χ1) is 27.5. The number of phenols is 1. The molecule has 9 rings (SSSR count). The molecule has 58 heavy (non-hydrogen) atoms. The maximum atomic E-state index is 15.1. The molecule has 2 aromatic heterocycles. The summed E-state index contributed by atoms with van der Waals surface area (Å²) in [6.45, 7) is 7.27. The van der Waals surface area contributed by atoms with Gasteiger partial charge in [-0.2, -0.15) is 5.10 Å². The molecule has 6 unspecified atom stereocenters. The lowest BCUT2D eigenvalue weighted by molar-refractivity contribution is -0.274. The number of halogens is 4. The number of rotatable bonds is 6. The molecular weight excluding hydrogens is 793 g/mol. The smallest absolute Gasteiger partial charge is 0.508 e. The van der Waals surface area contributed by atoms with Crippen LogP contribution in [0.2, 0.25) is 5.02 Å². The van der Waals surface area contributed by atoms with E-state index in [4.69, 9.17) is 16.7 Å². The zero-order chi connectivity index (χ0) is 41.2. The Hall–Kier alpha value is -5.73. The van der Waals surface area contributed by atoms with Crippen molar-refractivity contribution in [3.05, 3.63) is 107 Å². The summed E-state index contributed by atoms with van der Waals surface area (Å²) in [6, 6.07) is 17.0. The Kier molecular flexibility index (Phi) is 8.57. The standard InChI is InChI=1S/C43H34ClF3N4O6S/c1-5-21-6-9-23(10-7-21)50-38(53)26-13-12-25-28(35(26)40(50)55)18-30-39(54)51(34-19-31(48-49(34)4)37-20(2)27-16-22(44)8-15-33(27)58-37)41(56)42(30,3)36(25)29-17-24(11-14-32(29)52)57-43(45,46)47/h5-12,14-17,19,26,28,30,35-36,52H,1,13,18H2,2-4H3. The van der Waals surface area contributed by atoms with Crippen LogP contribution in [-0.4, -0.2) is 44.9 Å². The van der Waals surface area contributed by atoms with Crippen molar-refractivity contribution in [2.24, 2.45) is 36.1 Å². The number of anilines is 2. The van der Waals surface area contributed by atoms with Crippen molar-refractivity contribution >= 4 is 74.2 Å². The van der Waals surface area contributed by atoms with E-state index in [0.29, 0.717) is 22.0 Å². The van der Waals surface area contributed by atoms with Gasteiger partial charge in [0.05, 0.1) is 33.7 Å². The first-order valence-corrected chi connectivity index (χ1v) is 19.7. The van der Waals surface area contributed by atoms with Crippen LogP contribution in [0.25, 0.3) is 26.7 Å². The maximum absolute atomic E-state index is 15.1. The summed E-state index contributed by atoms with van der Waals surface area (Å²) in [5.41, 5.74) is 1.31. The summed E-state index contributed by atoms with van der Waals surface area (Å²) in [5, 5.41) is 17.6. The highest BCUT2D eigenvalue weighted by molar-refractivity contribution is 7.22. The van der Waals surface area contributed by atoms with Gasteiger partial charge in [-0.1, -0.05) is 48.0 Å². The summed E-state index contributed by atoms with van der Waals surface area (Å²) < 4.78 is 47.3. The van der Waals surface area contributed by atoms with Gasteiger partial charge in [-0.05, 0) is 97.7 Å². The Balaban J connectivity index is 1.17. The molecule has 296 valence electrons. The van der Waals surface area contributed by atoms with Crippen molar-refractivity contribution in [3.8, 4) is 22.1 Å². The molecule has 5 aromatic rings. The summed E-state index contributed by atoms with van der Waals surface area (Å²) in [7, 11) is 1.61. The number of alkyl halides is 3. The number of aromatic nitrogens is 2. The molecule has 10 nitrogen and oxygen atoms in total. The largest absolute Gasteiger partial charge is 0.573 e. The average molecular weight is 827 g/mol. The zero-order valence-corrected chi connectivity index (χ0v) is 32.8. The van der Waals surface area contributed by atoms with Crippen molar-refractivity contribution in [2.75, 3.05) is 9.80 Å². The van der Waals surface area contributed by atoms with E-state index in [1.54, 1.807) is 62.5 Å². The summed E-state index contributed by atoms with van der Waals surface area (Å²) in [4.78, 5) is 61.5. The number of hydrogen-bond donors (Lipinski definition) is 1. The average Bonchev–Trinajstić information content (AvgIpc) is 3.85. The number of benzene rings is 3. The molecule has 1 saturated carbocycles. The van der Waals surface area contributed by atoms with E-state index in [-0.39, 0.29) is 24.2 Å². The Labute approximate surface area is 338 Å². The third kappa shape index (κ3) is 5.55. The van der Waals surface area contributed by atoms with Crippen molar-refractivity contribution in [1.82, 2.24) is 9.78 Å². The van der Waals surface area contributed by atoms with Crippen LogP contribution in [0.5, 0.6) is 11.5 Å². The first kappa shape index (κ1) is 37.8. The van der Waals surface area contributed by atoms with Gasteiger partial charge in [0.2, 0.25) is 23.6 Å². The van der Waals surface area contributed by atoms with Gasteiger partial charge in [0.25, 0.3) is 0 Å². The highest BCUT2D eigenvalue weighted by Gasteiger charge is 2.68. The lowest BCUT2D eigenvalue weighted by Crippen LogP contribution is -2.49. The minimum Gasteiger partial charge on any atom is -0.508 e. The van der Waals surface area contributed by atoms with E-state index >= 15 is 4.79 Å². The molecule has 3 aromatic carbocycles. The van der Waals surface area contributed by atoms with Gasteiger partial charge in [-0.15, -0.1) is 24.5 Å².